The van der Waals surface area contributed by atoms with E-state index in [1.807, 2.05) is 0 Å². The van der Waals surface area contributed by atoms with Gasteiger partial charge in [-0.25, -0.2) is 0 Å². The first-order valence-corrected chi connectivity index (χ1v) is 8.62. The van der Waals surface area contributed by atoms with Crippen LogP contribution in [-0.4, -0.2) is 43.8 Å². The summed E-state index contributed by atoms with van der Waals surface area (Å²) in [6.07, 6.45) is 7.88. The van der Waals surface area contributed by atoms with Crippen LogP contribution >= 0.6 is 0 Å². The minimum absolute atomic E-state index is 0.544. The van der Waals surface area contributed by atoms with Crippen LogP contribution in [0, 0.1) is 11.8 Å². The lowest BCUT2D eigenvalue weighted by molar-refractivity contribution is 0.0430. The van der Waals surface area contributed by atoms with Crippen molar-refractivity contribution >= 4 is 0 Å². The van der Waals surface area contributed by atoms with Crippen LogP contribution in [0.5, 0.6) is 0 Å². The van der Waals surface area contributed by atoms with E-state index in [0.717, 1.165) is 31.5 Å². The second-order valence-corrected chi connectivity index (χ2v) is 6.52. The topological polar surface area (TPSA) is 38.5 Å². The van der Waals surface area contributed by atoms with E-state index in [0.29, 0.717) is 12.1 Å². The van der Waals surface area contributed by atoms with Gasteiger partial charge in [-0.2, -0.15) is 0 Å². The Bertz CT molecular complexity index is 235. The summed E-state index contributed by atoms with van der Waals surface area (Å²) in [6, 6.07) is 1.19. The molecule has 0 amide bonds. The number of hydrogen-bond donors (Lipinski definition) is 1. The number of nitrogens with two attached hydrogens (primary N) is 1. The molecule has 1 saturated carbocycles. The fraction of sp³-hybridized carbons (Fsp3) is 1.00. The quantitative estimate of drug-likeness (QED) is 0.706. The fourth-order valence-corrected chi connectivity index (χ4v) is 3.84. The van der Waals surface area contributed by atoms with Gasteiger partial charge in [0, 0.05) is 32.3 Å². The van der Waals surface area contributed by atoms with Gasteiger partial charge in [-0.05, 0) is 37.5 Å². The molecule has 0 aromatic rings. The molecule has 3 heteroatoms. The van der Waals surface area contributed by atoms with E-state index < -0.39 is 0 Å². The lowest BCUT2D eigenvalue weighted by atomic mass is 9.78. The van der Waals surface area contributed by atoms with Gasteiger partial charge in [-0.15, -0.1) is 0 Å². The third-order valence-electron chi connectivity index (χ3n) is 5.24. The van der Waals surface area contributed by atoms with Gasteiger partial charge in [0.1, 0.15) is 0 Å². The molecular formula is C17H36N2O. The van der Waals surface area contributed by atoms with Gasteiger partial charge in [-0.1, -0.05) is 33.6 Å². The van der Waals surface area contributed by atoms with Gasteiger partial charge in [0.15, 0.2) is 0 Å². The minimum Gasteiger partial charge on any atom is -0.383 e. The maximum atomic E-state index is 6.18. The Labute approximate surface area is 126 Å². The Morgan fingerprint density at radius 2 is 1.75 bits per heavy atom. The van der Waals surface area contributed by atoms with E-state index in [-0.39, 0.29) is 0 Å². The molecule has 1 aliphatic rings. The molecule has 0 radical (unpaired) electrons. The number of nitrogens with zero attached hydrogens (tertiary/aromatic N) is 1. The molecule has 0 bridgehead atoms. The summed E-state index contributed by atoms with van der Waals surface area (Å²) < 4.78 is 5.33. The number of hydrogen-bond acceptors (Lipinski definition) is 3. The zero-order valence-electron chi connectivity index (χ0n) is 14.1. The standard InChI is InChI=1S/C17H36N2O/c1-5-16(6-2)19(11-12-20-4)17(13-18)15-9-7-14(3)8-10-15/h14-17H,5-13,18H2,1-4H3. The van der Waals surface area contributed by atoms with Gasteiger partial charge < -0.3 is 10.5 Å². The first-order valence-electron chi connectivity index (χ1n) is 8.62. The summed E-state index contributed by atoms with van der Waals surface area (Å²) in [7, 11) is 1.80. The van der Waals surface area contributed by atoms with Gasteiger partial charge in [0.2, 0.25) is 0 Å². The summed E-state index contributed by atoms with van der Waals surface area (Å²) in [5.74, 6) is 1.69. The highest BCUT2D eigenvalue weighted by molar-refractivity contribution is 4.87. The second-order valence-electron chi connectivity index (χ2n) is 6.52. The molecule has 120 valence electrons. The van der Waals surface area contributed by atoms with Crippen LogP contribution in [0.15, 0.2) is 0 Å². The predicted octanol–water partition coefficient (Wildman–Crippen LogP) is 3.28. The highest BCUT2D eigenvalue weighted by Gasteiger charge is 2.31. The Morgan fingerprint density at radius 1 is 1.15 bits per heavy atom. The Hall–Kier alpha value is -0.120. The molecule has 1 fully saturated rings. The molecule has 0 aromatic heterocycles. The van der Waals surface area contributed by atoms with Crippen LogP contribution in [-0.2, 0) is 4.74 Å². The highest BCUT2D eigenvalue weighted by atomic mass is 16.5. The average Bonchev–Trinajstić information content (AvgIpc) is 2.47. The van der Waals surface area contributed by atoms with Crippen molar-refractivity contribution in [3.8, 4) is 0 Å². The van der Waals surface area contributed by atoms with Crippen molar-refractivity contribution in [2.45, 2.75) is 71.4 Å². The van der Waals surface area contributed by atoms with Crippen LogP contribution in [0.2, 0.25) is 0 Å². The molecule has 0 saturated heterocycles. The van der Waals surface area contributed by atoms with Crippen LogP contribution in [0.4, 0.5) is 0 Å². The molecule has 2 N–H and O–H groups in total. The maximum Gasteiger partial charge on any atom is 0.0589 e. The van der Waals surface area contributed by atoms with Crippen LogP contribution in [0.3, 0.4) is 0 Å². The smallest absolute Gasteiger partial charge is 0.0589 e. The molecule has 1 atom stereocenters. The summed E-state index contributed by atoms with van der Waals surface area (Å²) in [5, 5.41) is 0. The monoisotopic (exact) mass is 284 g/mol. The maximum absolute atomic E-state index is 6.18. The molecule has 0 aliphatic heterocycles. The van der Waals surface area contributed by atoms with E-state index in [2.05, 4.69) is 25.7 Å². The Morgan fingerprint density at radius 3 is 2.20 bits per heavy atom. The lowest BCUT2D eigenvalue weighted by Crippen LogP contribution is -2.52. The largest absolute Gasteiger partial charge is 0.383 e. The molecule has 1 unspecified atom stereocenters. The zero-order chi connectivity index (χ0) is 15.0. The molecule has 0 aromatic carbocycles. The summed E-state index contributed by atoms with van der Waals surface area (Å²) in [6.45, 7) is 9.61. The first kappa shape index (κ1) is 17.9. The van der Waals surface area contributed by atoms with Gasteiger partial charge >= 0.3 is 0 Å². The lowest BCUT2D eigenvalue weighted by Gasteiger charge is -2.43. The molecule has 0 heterocycles. The van der Waals surface area contributed by atoms with Crippen molar-refractivity contribution in [1.29, 1.82) is 0 Å². The summed E-state index contributed by atoms with van der Waals surface area (Å²) >= 11 is 0. The van der Waals surface area contributed by atoms with Crippen molar-refractivity contribution in [2.24, 2.45) is 17.6 Å². The Balaban J connectivity index is 2.72. The normalized spacial score (nSPS) is 25.4. The second kappa shape index (κ2) is 9.75. The van der Waals surface area contributed by atoms with E-state index in [1.165, 1.54) is 38.5 Å². The van der Waals surface area contributed by atoms with E-state index >= 15 is 0 Å². The van der Waals surface area contributed by atoms with Crippen LogP contribution in [0.1, 0.15) is 59.3 Å². The van der Waals surface area contributed by atoms with E-state index in [9.17, 15) is 0 Å². The van der Waals surface area contributed by atoms with Crippen molar-refractivity contribution in [2.75, 3.05) is 26.8 Å². The third kappa shape index (κ3) is 5.01. The van der Waals surface area contributed by atoms with Gasteiger partial charge in [-0.3, -0.25) is 4.90 Å². The first-order chi connectivity index (χ1) is 9.67. The predicted molar refractivity (Wildman–Crippen MR) is 86.9 cm³/mol. The molecular weight excluding hydrogens is 248 g/mol. The van der Waals surface area contributed by atoms with Crippen molar-refractivity contribution in [3.63, 3.8) is 0 Å². The number of ether oxygens (including phenoxy) is 1. The number of methoxy groups -OCH3 is 1. The zero-order valence-corrected chi connectivity index (χ0v) is 14.1. The van der Waals surface area contributed by atoms with Gasteiger partial charge in [0.25, 0.3) is 0 Å². The van der Waals surface area contributed by atoms with Gasteiger partial charge in [0.05, 0.1) is 6.61 Å². The molecule has 0 spiro atoms. The molecule has 1 aliphatic carbocycles. The van der Waals surface area contributed by atoms with Crippen molar-refractivity contribution in [1.82, 2.24) is 4.90 Å². The summed E-state index contributed by atoms with van der Waals surface area (Å²) in [5.41, 5.74) is 6.18. The van der Waals surface area contributed by atoms with Crippen LogP contribution < -0.4 is 5.73 Å². The summed E-state index contributed by atoms with van der Waals surface area (Å²) in [4.78, 5) is 2.66. The molecule has 20 heavy (non-hydrogen) atoms. The molecule has 1 rings (SSSR count). The number of rotatable bonds is 9. The van der Waals surface area contributed by atoms with E-state index in [4.69, 9.17) is 10.5 Å². The van der Waals surface area contributed by atoms with Crippen molar-refractivity contribution in [3.05, 3.63) is 0 Å². The molecule has 3 nitrogen and oxygen atoms in total. The fourth-order valence-electron chi connectivity index (χ4n) is 3.84. The van der Waals surface area contributed by atoms with Crippen LogP contribution in [0.25, 0.3) is 0 Å². The van der Waals surface area contributed by atoms with Crippen molar-refractivity contribution < 1.29 is 4.74 Å². The average molecular weight is 284 g/mol. The Kier molecular flexibility index (Phi) is 8.74. The highest BCUT2D eigenvalue weighted by Crippen LogP contribution is 2.33. The minimum atomic E-state index is 0.544. The SMILES string of the molecule is CCC(CC)N(CCOC)C(CN)C1CCC(C)CC1. The third-order valence-corrected chi connectivity index (χ3v) is 5.24. The van der Waals surface area contributed by atoms with E-state index in [1.54, 1.807) is 7.11 Å².